The highest BCUT2D eigenvalue weighted by molar-refractivity contribution is 6.05. The van der Waals surface area contributed by atoms with Gasteiger partial charge in [0, 0.05) is 17.3 Å². The summed E-state index contributed by atoms with van der Waals surface area (Å²) < 4.78 is 52.7. The number of rotatable bonds is 2. The zero-order valence-electron chi connectivity index (χ0n) is 12.8. The van der Waals surface area contributed by atoms with Crippen LogP contribution in [0.5, 0.6) is 0 Å². The van der Waals surface area contributed by atoms with Crippen LogP contribution < -0.4 is 10.6 Å². The fourth-order valence-electron chi connectivity index (χ4n) is 2.59. The van der Waals surface area contributed by atoms with E-state index in [9.17, 15) is 22.4 Å². The first-order valence-corrected chi connectivity index (χ1v) is 7.32. The molecular formula is C17H13F4N3O. The molecule has 2 N–H and O–H groups in total. The summed E-state index contributed by atoms with van der Waals surface area (Å²) in [5, 5.41) is 0. The summed E-state index contributed by atoms with van der Waals surface area (Å²) in [6.45, 7) is -1.50. The van der Waals surface area contributed by atoms with Gasteiger partial charge in [0.1, 0.15) is 12.4 Å². The van der Waals surface area contributed by atoms with Crippen molar-refractivity contribution in [2.75, 3.05) is 11.4 Å². The van der Waals surface area contributed by atoms with Crippen LogP contribution in [-0.2, 0) is 4.79 Å². The Morgan fingerprint density at radius 1 is 1.16 bits per heavy atom. The maximum Gasteiger partial charge on any atom is 0.406 e. The van der Waals surface area contributed by atoms with E-state index in [1.807, 2.05) is 0 Å². The molecule has 1 amide bonds. The van der Waals surface area contributed by atoms with E-state index in [0.29, 0.717) is 16.0 Å². The van der Waals surface area contributed by atoms with Gasteiger partial charge in [-0.05, 0) is 17.7 Å². The lowest BCUT2D eigenvalue weighted by atomic mass is 10.0. The van der Waals surface area contributed by atoms with Gasteiger partial charge in [-0.1, -0.05) is 30.3 Å². The molecule has 2 aromatic rings. The highest BCUT2D eigenvalue weighted by Crippen LogP contribution is 2.32. The van der Waals surface area contributed by atoms with Gasteiger partial charge in [0.25, 0.3) is 5.91 Å². The van der Waals surface area contributed by atoms with E-state index >= 15 is 0 Å². The van der Waals surface area contributed by atoms with Crippen LogP contribution in [0.4, 0.5) is 23.2 Å². The van der Waals surface area contributed by atoms with E-state index in [-0.39, 0.29) is 11.3 Å². The highest BCUT2D eigenvalue weighted by Gasteiger charge is 2.37. The van der Waals surface area contributed by atoms with E-state index in [2.05, 4.69) is 4.99 Å². The predicted molar refractivity (Wildman–Crippen MR) is 85.8 cm³/mol. The van der Waals surface area contributed by atoms with E-state index in [0.717, 1.165) is 0 Å². The van der Waals surface area contributed by atoms with Gasteiger partial charge in [-0.2, -0.15) is 13.2 Å². The second-order valence-corrected chi connectivity index (χ2v) is 5.52. The van der Waals surface area contributed by atoms with Crippen LogP contribution in [0.25, 0.3) is 11.1 Å². The number of benzene rings is 2. The fourth-order valence-corrected chi connectivity index (χ4v) is 2.59. The van der Waals surface area contributed by atoms with Crippen LogP contribution >= 0.6 is 0 Å². The Labute approximate surface area is 140 Å². The third kappa shape index (κ3) is 3.53. The number of alkyl halides is 3. The Balaban J connectivity index is 2.13. The lowest BCUT2D eigenvalue weighted by molar-refractivity contribution is -0.133. The Bertz CT molecular complexity index is 848. The van der Waals surface area contributed by atoms with Gasteiger partial charge in [-0.25, -0.2) is 4.39 Å². The minimum atomic E-state index is -4.62. The topological polar surface area (TPSA) is 58.7 Å². The van der Waals surface area contributed by atoms with Gasteiger partial charge >= 0.3 is 6.18 Å². The van der Waals surface area contributed by atoms with Gasteiger partial charge in [-0.15, -0.1) is 0 Å². The zero-order valence-corrected chi connectivity index (χ0v) is 12.8. The Hall–Kier alpha value is -2.74. The van der Waals surface area contributed by atoms with Crippen LogP contribution in [0.3, 0.4) is 0 Å². The number of fused-ring (bicyclic) bond motifs is 1. The van der Waals surface area contributed by atoms with E-state index in [4.69, 9.17) is 5.73 Å². The number of benzodiazepines with no additional fused rings is 1. The largest absolute Gasteiger partial charge is 0.406 e. The molecule has 1 unspecified atom stereocenters. The molecule has 8 heteroatoms. The molecule has 0 radical (unpaired) electrons. The van der Waals surface area contributed by atoms with Crippen LogP contribution in [0, 0.1) is 5.82 Å². The average molecular weight is 351 g/mol. The summed E-state index contributed by atoms with van der Waals surface area (Å²) in [6.07, 6.45) is -4.80. The van der Waals surface area contributed by atoms with E-state index < -0.39 is 30.6 Å². The van der Waals surface area contributed by atoms with Gasteiger partial charge < -0.3 is 5.73 Å². The summed E-state index contributed by atoms with van der Waals surface area (Å²) >= 11 is 0. The quantitative estimate of drug-likeness (QED) is 0.846. The van der Waals surface area contributed by atoms with Crippen molar-refractivity contribution >= 4 is 17.8 Å². The number of carbonyl (C=O) groups excluding carboxylic acids is 1. The monoisotopic (exact) mass is 351 g/mol. The fraction of sp³-hybridized carbons (Fsp3) is 0.176. The molecule has 0 bridgehead atoms. The lowest BCUT2D eigenvalue weighted by Gasteiger charge is -2.25. The maximum absolute atomic E-state index is 14.0. The highest BCUT2D eigenvalue weighted by atomic mass is 19.4. The van der Waals surface area contributed by atoms with Crippen LogP contribution in [-0.4, -0.2) is 31.0 Å². The second-order valence-electron chi connectivity index (χ2n) is 5.52. The zero-order chi connectivity index (χ0) is 18.2. The summed E-state index contributed by atoms with van der Waals surface area (Å²) in [5.74, 6) is -1.49. The number of aliphatic imine (C=N–C) groups is 1. The Morgan fingerprint density at radius 2 is 1.88 bits per heavy atom. The lowest BCUT2D eigenvalue weighted by Crippen LogP contribution is -2.46. The van der Waals surface area contributed by atoms with Gasteiger partial charge in [0.05, 0.1) is 5.69 Å². The number of anilines is 1. The van der Waals surface area contributed by atoms with Crippen LogP contribution in [0.2, 0.25) is 0 Å². The third-order valence-electron chi connectivity index (χ3n) is 3.74. The second kappa shape index (κ2) is 6.29. The normalized spacial score (nSPS) is 17.4. The number of hydrogen-bond donors (Lipinski definition) is 1. The van der Waals surface area contributed by atoms with Crippen molar-refractivity contribution in [3.8, 4) is 11.1 Å². The maximum atomic E-state index is 14.0. The van der Waals surface area contributed by atoms with Crippen molar-refractivity contribution < 1.29 is 22.4 Å². The molecule has 1 aliphatic heterocycles. The number of amides is 1. The number of hydrogen-bond acceptors (Lipinski definition) is 3. The molecule has 1 heterocycles. The molecule has 0 fully saturated rings. The minimum Gasteiger partial charge on any atom is -0.302 e. The number of nitrogens with two attached hydrogens (primary N) is 1. The third-order valence-corrected chi connectivity index (χ3v) is 3.74. The first-order chi connectivity index (χ1) is 11.8. The van der Waals surface area contributed by atoms with Crippen molar-refractivity contribution in [2.24, 2.45) is 10.7 Å². The summed E-state index contributed by atoms with van der Waals surface area (Å²) in [6, 6.07) is 10.2. The minimum absolute atomic E-state index is 0.0141. The predicted octanol–water partition coefficient (Wildman–Crippen LogP) is 3.11. The van der Waals surface area contributed by atoms with Crippen LogP contribution in [0.15, 0.2) is 47.5 Å². The van der Waals surface area contributed by atoms with Crippen molar-refractivity contribution in [3.63, 3.8) is 0 Å². The summed E-state index contributed by atoms with van der Waals surface area (Å²) in [7, 11) is 0. The van der Waals surface area contributed by atoms with Crippen molar-refractivity contribution in [2.45, 2.75) is 12.3 Å². The summed E-state index contributed by atoms with van der Waals surface area (Å²) in [4.78, 5) is 16.5. The van der Waals surface area contributed by atoms with Gasteiger partial charge in [0.15, 0.2) is 6.17 Å². The summed E-state index contributed by atoms with van der Waals surface area (Å²) in [5.41, 5.74) is 6.37. The van der Waals surface area contributed by atoms with Crippen molar-refractivity contribution in [1.82, 2.24) is 0 Å². The molecule has 130 valence electrons. The Kier molecular flexibility index (Phi) is 4.30. The molecule has 0 saturated heterocycles. The van der Waals surface area contributed by atoms with Gasteiger partial charge in [-0.3, -0.25) is 14.7 Å². The van der Waals surface area contributed by atoms with Gasteiger partial charge in [0.2, 0.25) is 0 Å². The number of halogens is 4. The molecule has 2 aromatic carbocycles. The van der Waals surface area contributed by atoms with Crippen molar-refractivity contribution in [3.05, 3.63) is 53.8 Å². The number of carbonyl (C=O) groups is 1. The molecule has 0 aliphatic carbocycles. The molecule has 3 rings (SSSR count). The first-order valence-electron chi connectivity index (χ1n) is 7.32. The standard InChI is InChI=1S/C17H13F4N3O/c18-13-4-2-1-3-12(13)10-5-6-11-8-23-15(22)16(25)24(14(11)7-10)9-17(19,20)21/h1-8,15H,9,22H2. The SMILES string of the molecule is NC1N=Cc2ccc(-c3ccccc3F)cc2N(CC(F)(F)F)C1=O. The molecule has 1 aliphatic rings. The molecule has 0 saturated carbocycles. The molecule has 0 aromatic heterocycles. The first kappa shape index (κ1) is 17.1. The molecular weight excluding hydrogens is 338 g/mol. The molecule has 1 atom stereocenters. The van der Waals surface area contributed by atoms with E-state index in [1.54, 1.807) is 12.1 Å². The molecule has 4 nitrogen and oxygen atoms in total. The number of nitrogens with zero attached hydrogens (tertiary/aromatic N) is 2. The molecule has 25 heavy (non-hydrogen) atoms. The molecule has 0 spiro atoms. The van der Waals surface area contributed by atoms with Crippen molar-refractivity contribution in [1.29, 1.82) is 0 Å². The smallest absolute Gasteiger partial charge is 0.302 e. The Morgan fingerprint density at radius 3 is 2.56 bits per heavy atom. The van der Waals surface area contributed by atoms with E-state index in [1.165, 1.54) is 36.5 Å². The average Bonchev–Trinajstić information content (AvgIpc) is 2.66. The van der Waals surface area contributed by atoms with Crippen LogP contribution in [0.1, 0.15) is 5.56 Å².